The molecule has 0 saturated carbocycles. The molecular weight excluding hydrogens is 833 g/mol. The summed E-state index contributed by atoms with van der Waals surface area (Å²) in [6.45, 7) is 20.0. The number of para-hydroxylation sites is 4. The van der Waals surface area contributed by atoms with Crippen molar-refractivity contribution in [1.82, 2.24) is 18.9 Å². The van der Waals surface area contributed by atoms with Crippen molar-refractivity contribution in [2.45, 2.75) is 78.6 Å². The first-order valence-electron chi connectivity index (χ1n) is 23.7. The van der Waals surface area contributed by atoms with Crippen LogP contribution in [0.25, 0.3) is 111 Å². The minimum absolute atomic E-state index is 0.0818. The van der Waals surface area contributed by atoms with E-state index in [2.05, 4.69) is 217 Å². The van der Waals surface area contributed by atoms with Crippen molar-refractivity contribution in [2.24, 2.45) is 0 Å². The van der Waals surface area contributed by atoms with Gasteiger partial charge in [0.05, 0.1) is 38.8 Å². The first-order valence-corrected chi connectivity index (χ1v) is 23.7. The molecule has 6 heteroatoms. The van der Waals surface area contributed by atoms with Crippen LogP contribution in [-0.2, 0) is 16.2 Å². The Bertz CT molecular complexity index is 4030. The number of phenolic OH excluding ortho intramolecular Hbond substituents is 1. The number of fused-ring (bicyclic) bond motifs is 13. The molecule has 4 aromatic heterocycles. The Morgan fingerprint density at radius 2 is 1.18 bits per heavy atom. The highest BCUT2D eigenvalue weighted by Crippen LogP contribution is 2.47. The second-order valence-electron chi connectivity index (χ2n) is 21.7. The van der Waals surface area contributed by atoms with Crippen molar-refractivity contribution in [3.63, 3.8) is 0 Å². The minimum Gasteiger partial charge on any atom is -0.507 e. The lowest BCUT2D eigenvalue weighted by Crippen LogP contribution is -2.17. The number of hydrogen-bond acceptors (Lipinski definition) is 4. The molecule has 0 aliphatic heterocycles. The Labute approximate surface area is 396 Å². The molecule has 0 spiro atoms. The number of benzene rings is 8. The van der Waals surface area contributed by atoms with Crippen molar-refractivity contribution < 1.29 is 9.52 Å². The first-order chi connectivity index (χ1) is 32.5. The van der Waals surface area contributed by atoms with Gasteiger partial charge >= 0.3 is 0 Å². The molecule has 0 amide bonds. The van der Waals surface area contributed by atoms with Crippen molar-refractivity contribution in [1.29, 1.82) is 0 Å². The number of nitrogens with zero attached hydrogens (tertiary/aromatic N) is 4. The maximum atomic E-state index is 12.6. The molecule has 334 valence electrons. The number of rotatable bonds is 4. The molecule has 8 aromatic carbocycles. The number of aromatic hydroxyl groups is 1. The van der Waals surface area contributed by atoms with E-state index in [1.807, 2.05) is 12.1 Å². The standard InChI is InChI=1S/C62H54N4O2/c1-60(2,3)38-27-31-50(45(33-38)36-18-11-10-12-19-36)65-52-24-17-21-40(54(52)64-59(65)47-34-39(61(4,5)6)35-48(56(47)67)62(7,8)9)37-26-28-41-43-29-30-44-42-20-13-16-25-53(42)68-57(44)55(43)66-51-23-15-14-22-49(51)63-58(66)46(41)32-37/h10-35,67H,1-9H3. The molecule has 0 bridgehead atoms. The molecule has 0 aliphatic carbocycles. The van der Waals surface area contributed by atoms with Crippen LogP contribution in [0, 0.1) is 0 Å². The summed E-state index contributed by atoms with van der Waals surface area (Å²) in [6.07, 6.45) is 0. The third-order valence-corrected chi connectivity index (χ3v) is 14.1. The van der Waals surface area contributed by atoms with E-state index in [0.29, 0.717) is 11.4 Å². The van der Waals surface area contributed by atoms with Gasteiger partial charge in [0, 0.05) is 38.2 Å². The number of furan rings is 1. The van der Waals surface area contributed by atoms with E-state index < -0.39 is 0 Å². The molecule has 12 aromatic rings. The molecule has 6 nitrogen and oxygen atoms in total. The zero-order chi connectivity index (χ0) is 47.0. The van der Waals surface area contributed by atoms with Crippen molar-refractivity contribution in [3.8, 4) is 45.1 Å². The van der Waals surface area contributed by atoms with E-state index in [1.165, 1.54) is 5.56 Å². The monoisotopic (exact) mass is 886 g/mol. The normalized spacial score (nSPS) is 12.8. The zero-order valence-electron chi connectivity index (χ0n) is 40.2. The molecule has 0 radical (unpaired) electrons. The van der Waals surface area contributed by atoms with Crippen LogP contribution in [0.3, 0.4) is 0 Å². The fourth-order valence-corrected chi connectivity index (χ4v) is 10.4. The highest BCUT2D eigenvalue weighted by atomic mass is 16.3. The molecule has 68 heavy (non-hydrogen) atoms. The van der Waals surface area contributed by atoms with E-state index in [-0.39, 0.29) is 22.0 Å². The van der Waals surface area contributed by atoms with Crippen LogP contribution in [0.5, 0.6) is 5.75 Å². The Morgan fingerprint density at radius 1 is 0.485 bits per heavy atom. The summed E-state index contributed by atoms with van der Waals surface area (Å²) < 4.78 is 11.3. The zero-order valence-corrected chi connectivity index (χ0v) is 40.2. The Hall–Kier alpha value is -7.70. The minimum atomic E-state index is -0.333. The van der Waals surface area contributed by atoms with Crippen LogP contribution < -0.4 is 0 Å². The fourth-order valence-electron chi connectivity index (χ4n) is 10.4. The predicted molar refractivity (Wildman–Crippen MR) is 284 cm³/mol. The van der Waals surface area contributed by atoms with Gasteiger partial charge in [-0.05, 0) is 98.5 Å². The quantitative estimate of drug-likeness (QED) is 0.179. The molecule has 0 fully saturated rings. The van der Waals surface area contributed by atoms with Crippen molar-refractivity contribution >= 4 is 71.3 Å². The third-order valence-electron chi connectivity index (χ3n) is 14.1. The van der Waals surface area contributed by atoms with E-state index >= 15 is 0 Å². The molecule has 1 N–H and O–H groups in total. The summed E-state index contributed by atoms with van der Waals surface area (Å²) in [5.74, 6) is 0.937. The number of hydrogen-bond donors (Lipinski definition) is 1. The maximum absolute atomic E-state index is 12.6. The SMILES string of the molecule is CC(C)(C)c1ccc(-n2c(-c3cc(C(C)(C)C)cc(C(C)(C)C)c3O)nc3c(-c4ccc5c(c4)c4nc6ccccc6n4c4c5ccc5c6ccccc6oc54)cccc32)c(-c2ccccc2)c1. The van der Waals surface area contributed by atoms with E-state index in [1.54, 1.807) is 0 Å². The number of phenols is 1. The lowest BCUT2D eigenvalue weighted by atomic mass is 9.79. The Balaban J connectivity index is 1.18. The van der Waals surface area contributed by atoms with Crippen LogP contribution in [0.4, 0.5) is 0 Å². The highest BCUT2D eigenvalue weighted by Gasteiger charge is 2.30. The van der Waals surface area contributed by atoms with Crippen LogP contribution in [0.15, 0.2) is 162 Å². The molecule has 0 atom stereocenters. The van der Waals surface area contributed by atoms with Crippen LogP contribution in [0.2, 0.25) is 0 Å². The summed E-state index contributed by atoms with van der Waals surface area (Å²) in [7, 11) is 0. The van der Waals surface area contributed by atoms with Crippen molar-refractivity contribution in [2.75, 3.05) is 0 Å². The van der Waals surface area contributed by atoms with Gasteiger partial charge in [-0.1, -0.05) is 165 Å². The molecule has 4 heterocycles. The maximum Gasteiger partial charge on any atom is 0.160 e. The van der Waals surface area contributed by atoms with Gasteiger partial charge in [-0.15, -0.1) is 0 Å². The molecular formula is C62H54N4O2. The summed E-state index contributed by atoms with van der Waals surface area (Å²) in [4.78, 5) is 11.1. The highest BCUT2D eigenvalue weighted by molar-refractivity contribution is 6.23. The second-order valence-corrected chi connectivity index (χ2v) is 21.7. The Kier molecular flexibility index (Phi) is 8.99. The molecule has 0 saturated heterocycles. The average Bonchev–Trinajstić information content (AvgIpc) is 4.02. The summed E-state index contributed by atoms with van der Waals surface area (Å²) in [5.41, 5.74) is 15.9. The number of aromatic nitrogens is 4. The third kappa shape index (κ3) is 6.37. The van der Waals surface area contributed by atoms with Gasteiger partial charge in [-0.2, -0.15) is 0 Å². The lowest BCUT2D eigenvalue weighted by Gasteiger charge is -2.28. The van der Waals surface area contributed by atoms with Gasteiger partial charge < -0.3 is 9.52 Å². The summed E-state index contributed by atoms with van der Waals surface area (Å²) in [5, 5.41) is 18.0. The molecule has 0 unspecified atom stereocenters. The van der Waals surface area contributed by atoms with Gasteiger partial charge in [0.2, 0.25) is 0 Å². The van der Waals surface area contributed by atoms with Gasteiger partial charge in [-0.3, -0.25) is 8.97 Å². The van der Waals surface area contributed by atoms with Gasteiger partial charge in [0.25, 0.3) is 0 Å². The largest absolute Gasteiger partial charge is 0.507 e. The van der Waals surface area contributed by atoms with Gasteiger partial charge in [-0.25, -0.2) is 9.97 Å². The summed E-state index contributed by atoms with van der Waals surface area (Å²) in [6, 6.07) is 56.1. The van der Waals surface area contributed by atoms with Gasteiger partial charge in [0.1, 0.15) is 22.8 Å². The van der Waals surface area contributed by atoms with Crippen molar-refractivity contribution in [3.05, 3.63) is 174 Å². The topological polar surface area (TPSA) is 68.5 Å². The summed E-state index contributed by atoms with van der Waals surface area (Å²) >= 11 is 0. The van der Waals surface area contributed by atoms with Crippen LogP contribution in [0.1, 0.15) is 79.0 Å². The average molecular weight is 887 g/mol. The lowest BCUT2D eigenvalue weighted by molar-refractivity contribution is 0.446. The molecule has 12 rings (SSSR count). The fraction of sp³-hybridized carbons (Fsp3) is 0.194. The van der Waals surface area contributed by atoms with E-state index in [0.717, 1.165) is 110 Å². The van der Waals surface area contributed by atoms with E-state index in [4.69, 9.17) is 14.4 Å². The number of imidazole rings is 2. The number of pyridine rings is 1. The molecule has 0 aliphatic rings. The smallest absolute Gasteiger partial charge is 0.160 e. The second kappa shape index (κ2) is 14.6. The Morgan fingerprint density at radius 3 is 1.96 bits per heavy atom. The first kappa shape index (κ1) is 41.7. The van der Waals surface area contributed by atoms with Crippen LogP contribution in [-0.4, -0.2) is 24.0 Å². The predicted octanol–water partition coefficient (Wildman–Crippen LogP) is 16.6. The van der Waals surface area contributed by atoms with Gasteiger partial charge in [0.15, 0.2) is 5.58 Å². The van der Waals surface area contributed by atoms with E-state index in [9.17, 15) is 5.11 Å². The van der Waals surface area contributed by atoms with Crippen LogP contribution >= 0.6 is 0 Å².